The number of ether oxygens (including phenoxy) is 1. The molecule has 0 heterocycles. The number of carbonyl (C=O) groups excluding carboxylic acids is 2. The van der Waals surface area contributed by atoms with E-state index in [1.54, 1.807) is 0 Å². The third-order valence-corrected chi connectivity index (χ3v) is 17.4. The third kappa shape index (κ3) is 70.6. The normalized spacial score (nSPS) is 14.1. The van der Waals surface area contributed by atoms with Crippen LogP contribution in [-0.4, -0.2) is 74.3 Å². The fraction of sp³-hybridized carbons (Fsp3) is 0.728. The molecule has 9 nitrogen and oxygen atoms in total. The van der Waals surface area contributed by atoms with Crippen molar-refractivity contribution in [3.05, 3.63) is 122 Å². The molecule has 0 spiro atoms. The summed E-state index contributed by atoms with van der Waals surface area (Å²) in [6, 6.07) is -0.862. The molecule has 0 aliphatic heterocycles. The first-order valence-corrected chi connectivity index (χ1v) is 39.4. The highest BCUT2D eigenvalue weighted by molar-refractivity contribution is 7.47. The molecule has 1 amide bonds. The Bertz CT molecular complexity index is 1970. The first kappa shape index (κ1) is 87.4. The van der Waals surface area contributed by atoms with Crippen molar-refractivity contribution in [1.82, 2.24) is 5.32 Å². The monoisotopic (exact) mass is 1290 g/mol. The number of phosphoric acid groups is 1. The molecule has 91 heavy (non-hydrogen) atoms. The SMILES string of the molecule is CC/C=C\C/C=C\C/C=C\C/C=C\C/C=C\CCCCCCCCCCCC(=O)OC(/C=C/CCCCCCCCCCCCC)C(COP(=O)(O)OCC[N+](C)(C)C)NC(=O)CCCCCCCCCCCCC/C=C\C/C=C\C/C=C\C/C=C\CCCCC. The van der Waals surface area contributed by atoms with Crippen LogP contribution in [0.15, 0.2) is 122 Å². The predicted octanol–water partition coefficient (Wildman–Crippen LogP) is 24.6. The summed E-state index contributed by atoms with van der Waals surface area (Å²) in [5, 5.41) is 3.08. The van der Waals surface area contributed by atoms with Crippen molar-refractivity contribution >= 4 is 19.7 Å². The predicted molar refractivity (Wildman–Crippen MR) is 396 cm³/mol. The molecule has 0 saturated carbocycles. The van der Waals surface area contributed by atoms with Gasteiger partial charge in [-0.25, -0.2) is 4.57 Å². The zero-order valence-corrected chi connectivity index (χ0v) is 60.9. The number of amides is 1. The number of nitrogens with one attached hydrogen (secondary N) is 1. The van der Waals surface area contributed by atoms with Gasteiger partial charge >= 0.3 is 13.8 Å². The van der Waals surface area contributed by atoms with Gasteiger partial charge in [0.1, 0.15) is 19.3 Å². The summed E-state index contributed by atoms with van der Waals surface area (Å²) in [4.78, 5) is 38.0. The molecular weight excluding hydrogens is 1140 g/mol. The first-order valence-electron chi connectivity index (χ1n) is 37.9. The van der Waals surface area contributed by atoms with E-state index in [-0.39, 0.29) is 31.5 Å². The molecule has 524 valence electrons. The Balaban J connectivity index is 5.07. The number of hydrogen-bond donors (Lipinski definition) is 2. The summed E-state index contributed by atoms with van der Waals surface area (Å²) in [5.41, 5.74) is 0. The fourth-order valence-corrected chi connectivity index (χ4v) is 11.3. The smallest absolute Gasteiger partial charge is 0.456 e. The number of esters is 1. The molecule has 0 aliphatic rings. The van der Waals surface area contributed by atoms with Crippen molar-refractivity contribution in [2.24, 2.45) is 0 Å². The molecule has 0 radical (unpaired) electrons. The number of allylic oxidation sites excluding steroid dienone is 19. The van der Waals surface area contributed by atoms with Crippen LogP contribution in [0, 0.1) is 0 Å². The van der Waals surface area contributed by atoms with Crippen LogP contribution in [-0.2, 0) is 27.9 Å². The Morgan fingerprint density at radius 3 is 1.08 bits per heavy atom. The van der Waals surface area contributed by atoms with Crippen LogP contribution < -0.4 is 5.32 Å². The number of rotatable bonds is 68. The van der Waals surface area contributed by atoms with Crippen LogP contribution in [0.5, 0.6) is 0 Å². The van der Waals surface area contributed by atoms with Gasteiger partial charge in [-0.2, -0.15) is 0 Å². The minimum Gasteiger partial charge on any atom is -0.456 e. The second-order valence-corrected chi connectivity index (χ2v) is 27.9. The van der Waals surface area contributed by atoms with Crippen molar-refractivity contribution in [2.45, 2.75) is 341 Å². The van der Waals surface area contributed by atoms with Crippen molar-refractivity contribution < 1.29 is 37.3 Å². The summed E-state index contributed by atoms with van der Waals surface area (Å²) in [6.07, 6.45) is 97.8. The highest BCUT2D eigenvalue weighted by Gasteiger charge is 2.30. The van der Waals surface area contributed by atoms with Crippen LogP contribution in [0.3, 0.4) is 0 Å². The number of phosphoric ester groups is 1. The van der Waals surface area contributed by atoms with Gasteiger partial charge in [0.05, 0.1) is 33.8 Å². The molecule has 0 saturated heterocycles. The van der Waals surface area contributed by atoms with E-state index in [4.69, 9.17) is 13.8 Å². The molecule has 0 aliphatic carbocycles. The van der Waals surface area contributed by atoms with Gasteiger partial charge in [-0.3, -0.25) is 18.6 Å². The lowest BCUT2D eigenvalue weighted by Gasteiger charge is -2.27. The Morgan fingerprint density at radius 2 is 0.703 bits per heavy atom. The summed E-state index contributed by atoms with van der Waals surface area (Å²) in [5.74, 6) is -0.513. The zero-order chi connectivity index (χ0) is 66.3. The van der Waals surface area contributed by atoms with Gasteiger partial charge in [0.25, 0.3) is 0 Å². The maximum atomic E-state index is 13.7. The largest absolute Gasteiger partial charge is 0.472 e. The number of likely N-dealkylation sites (N-methyl/N-ethyl adjacent to an activating group) is 1. The second-order valence-electron chi connectivity index (χ2n) is 26.4. The van der Waals surface area contributed by atoms with E-state index in [2.05, 4.69) is 135 Å². The zero-order valence-electron chi connectivity index (χ0n) is 60.1. The summed E-state index contributed by atoms with van der Waals surface area (Å²) in [7, 11) is 1.48. The molecule has 3 atom stereocenters. The lowest BCUT2D eigenvalue weighted by molar-refractivity contribution is -0.870. The number of carbonyl (C=O) groups is 2. The summed E-state index contributed by atoms with van der Waals surface area (Å²) >= 11 is 0. The summed E-state index contributed by atoms with van der Waals surface area (Å²) in [6.45, 7) is 6.89. The maximum Gasteiger partial charge on any atom is 0.472 e. The first-order chi connectivity index (χ1) is 44.4. The van der Waals surface area contributed by atoms with Crippen molar-refractivity contribution in [2.75, 3.05) is 40.9 Å². The highest BCUT2D eigenvalue weighted by Crippen LogP contribution is 2.43. The van der Waals surface area contributed by atoms with E-state index < -0.39 is 20.0 Å². The van der Waals surface area contributed by atoms with Gasteiger partial charge < -0.3 is 19.4 Å². The van der Waals surface area contributed by atoms with Gasteiger partial charge in [-0.05, 0) is 122 Å². The second kappa shape index (κ2) is 69.2. The molecule has 0 aromatic carbocycles. The van der Waals surface area contributed by atoms with Crippen molar-refractivity contribution in [3.8, 4) is 0 Å². The van der Waals surface area contributed by atoms with E-state index in [1.165, 1.54) is 173 Å². The van der Waals surface area contributed by atoms with E-state index in [0.29, 0.717) is 17.4 Å². The lowest BCUT2D eigenvalue weighted by Crippen LogP contribution is -2.47. The van der Waals surface area contributed by atoms with Crippen LogP contribution in [0.25, 0.3) is 0 Å². The topological polar surface area (TPSA) is 111 Å². The molecule has 3 unspecified atom stereocenters. The molecule has 0 aromatic rings. The van der Waals surface area contributed by atoms with Crippen LogP contribution in [0.1, 0.15) is 329 Å². The minimum absolute atomic E-state index is 0.0336. The highest BCUT2D eigenvalue weighted by atomic mass is 31.2. The number of unbranched alkanes of at least 4 members (excludes halogenated alkanes) is 34. The van der Waals surface area contributed by atoms with Gasteiger partial charge in [-0.15, -0.1) is 0 Å². The average molecular weight is 1290 g/mol. The van der Waals surface area contributed by atoms with Gasteiger partial charge in [0.2, 0.25) is 5.91 Å². The Labute approximate surface area is 563 Å². The standard InChI is InChI=1S/C81H143N2O7P/c1-7-10-13-16-19-22-25-28-30-32-34-36-38-40-41-43-44-46-48-50-52-55-58-61-64-67-70-73-80(84)82-78(77-89-91(86,87)88-76-75-83(4,5)6)79(72-69-66-63-60-57-54-27-24-21-18-15-12-9-3)90-81(85)74-71-68-65-62-59-56-53-51-49-47-45-42-39-37-35-33-31-29-26-23-20-17-14-11-8-2/h11,14,19-20,22-23,28-31,34-37,40-42,45,69,72,78-79H,7-10,12-13,15-18,21,24-27,32-33,38-39,43-44,46-68,70-71,73-77H2,1-6H3,(H-,82,84,86,87)/p+1/b14-11-,22-19-,23-20-,30-28-,31-29-,36-34-,37-35-,41-40-,45-42-,72-69+. The average Bonchev–Trinajstić information content (AvgIpc) is 3.70. The van der Waals surface area contributed by atoms with E-state index in [9.17, 15) is 19.0 Å². The number of quaternary nitrogens is 1. The van der Waals surface area contributed by atoms with Gasteiger partial charge in [0.15, 0.2) is 0 Å². The van der Waals surface area contributed by atoms with Crippen LogP contribution in [0.2, 0.25) is 0 Å². The molecule has 2 N–H and O–H groups in total. The number of nitrogens with zero attached hydrogens (tertiary/aromatic N) is 1. The van der Waals surface area contributed by atoms with Crippen LogP contribution in [0.4, 0.5) is 0 Å². The molecule has 0 fully saturated rings. The number of hydrogen-bond acceptors (Lipinski definition) is 6. The van der Waals surface area contributed by atoms with Crippen molar-refractivity contribution in [1.29, 1.82) is 0 Å². The van der Waals surface area contributed by atoms with Gasteiger partial charge in [-0.1, -0.05) is 316 Å². The van der Waals surface area contributed by atoms with Gasteiger partial charge in [0, 0.05) is 12.8 Å². The van der Waals surface area contributed by atoms with E-state index in [1.807, 2.05) is 33.3 Å². The molecule has 0 rings (SSSR count). The molecule has 10 heteroatoms. The molecular formula is C81H144N2O7P+. The van der Waals surface area contributed by atoms with Crippen molar-refractivity contribution in [3.63, 3.8) is 0 Å². The van der Waals surface area contributed by atoms with Crippen LogP contribution >= 0.6 is 7.82 Å². The third-order valence-electron chi connectivity index (χ3n) is 16.4. The van der Waals surface area contributed by atoms with E-state index in [0.717, 1.165) is 122 Å². The van der Waals surface area contributed by atoms with E-state index >= 15 is 0 Å². The Kier molecular flexibility index (Phi) is 66.5. The lowest BCUT2D eigenvalue weighted by atomic mass is 10.0. The fourth-order valence-electron chi connectivity index (χ4n) is 10.6. The quantitative estimate of drug-likeness (QED) is 0.0205. The summed E-state index contributed by atoms with van der Waals surface area (Å²) < 4.78 is 30.9. The Hall–Kier alpha value is -3.59. The molecule has 0 aromatic heterocycles. The molecule has 0 bridgehead atoms. The minimum atomic E-state index is -4.47. The maximum absolute atomic E-state index is 13.7. The Morgan fingerprint density at radius 1 is 0.396 bits per heavy atom.